The van der Waals surface area contributed by atoms with E-state index in [-0.39, 0.29) is 16.9 Å². The minimum atomic E-state index is -0.127. The van der Waals surface area contributed by atoms with Gasteiger partial charge in [-0.15, -0.1) is 0 Å². The van der Waals surface area contributed by atoms with Crippen molar-refractivity contribution in [2.75, 3.05) is 5.73 Å². The number of ketones is 1. The highest BCUT2D eigenvalue weighted by Crippen LogP contribution is 2.61. The second-order valence-corrected chi connectivity index (χ2v) is 7.30. The predicted octanol–water partition coefficient (Wildman–Crippen LogP) is 3.37. The van der Waals surface area contributed by atoms with Crippen LogP contribution in [0.15, 0.2) is 18.2 Å². The largest absolute Gasteiger partial charge is 0.506 e. The van der Waals surface area contributed by atoms with Crippen LogP contribution < -0.4 is 5.73 Å². The van der Waals surface area contributed by atoms with Gasteiger partial charge in [0.2, 0.25) is 0 Å². The van der Waals surface area contributed by atoms with Crippen molar-refractivity contribution in [3.8, 4) is 5.75 Å². The summed E-state index contributed by atoms with van der Waals surface area (Å²) < 4.78 is 0. The van der Waals surface area contributed by atoms with Gasteiger partial charge in [0, 0.05) is 11.0 Å². The number of hydrogen-bond acceptors (Lipinski definition) is 3. The Morgan fingerprint density at radius 1 is 1.10 bits per heavy atom. The zero-order valence-electron chi connectivity index (χ0n) is 11.6. The molecule has 3 heteroatoms. The Bertz CT molecular complexity index is 543. The number of carbonyl (C=O) groups is 1. The van der Waals surface area contributed by atoms with Crippen molar-refractivity contribution in [2.24, 2.45) is 23.2 Å². The highest BCUT2D eigenvalue weighted by atomic mass is 16.3. The molecule has 1 aromatic rings. The summed E-state index contributed by atoms with van der Waals surface area (Å²) in [6, 6.07) is 4.92. The van der Waals surface area contributed by atoms with Crippen molar-refractivity contribution in [3.63, 3.8) is 0 Å². The normalized spacial score (nSPS) is 38.1. The molecule has 0 heterocycles. The van der Waals surface area contributed by atoms with E-state index < -0.39 is 0 Å². The molecule has 106 valence electrons. The van der Waals surface area contributed by atoms with Crippen molar-refractivity contribution in [2.45, 2.75) is 38.5 Å². The summed E-state index contributed by atoms with van der Waals surface area (Å²) >= 11 is 0. The Labute approximate surface area is 119 Å². The summed E-state index contributed by atoms with van der Waals surface area (Å²) in [5.74, 6) is 2.62. The molecular formula is C17H21NO2. The van der Waals surface area contributed by atoms with E-state index in [1.165, 1.54) is 19.3 Å². The molecule has 3 nitrogen and oxygen atoms in total. The summed E-state index contributed by atoms with van der Waals surface area (Å²) in [5, 5.41) is 9.52. The van der Waals surface area contributed by atoms with Gasteiger partial charge < -0.3 is 10.8 Å². The van der Waals surface area contributed by atoms with Crippen LogP contribution in [0.4, 0.5) is 5.69 Å². The van der Waals surface area contributed by atoms with Crippen LogP contribution in [-0.4, -0.2) is 10.9 Å². The van der Waals surface area contributed by atoms with E-state index in [0.29, 0.717) is 11.3 Å². The van der Waals surface area contributed by atoms with E-state index in [2.05, 4.69) is 0 Å². The third kappa shape index (κ3) is 1.68. The molecule has 4 saturated carbocycles. The third-order valence-electron chi connectivity index (χ3n) is 5.81. The average Bonchev–Trinajstić information content (AvgIpc) is 2.39. The average molecular weight is 271 g/mol. The van der Waals surface area contributed by atoms with Gasteiger partial charge in [-0.1, -0.05) is 0 Å². The van der Waals surface area contributed by atoms with Crippen LogP contribution in [0.5, 0.6) is 5.75 Å². The highest BCUT2D eigenvalue weighted by Gasteiger charge is 2.54. The fourth-order valence-corrected chi connectivity index (χ4v) is 5.39. The number of Topliss-reactive ketones (excluding diaryl/α,β-unsaturated/α-hetero) is 1. The van der Waals surface area contributed by atoms with Gasteiger partial charge in [0.05, 0.1) is 5.69 Å². The van der Waals surface area contributed by atoms with Crippen molar-refractivity contribution in [1.82, 2.24) is 0 Å². The minimum absolute atomic E-state index is 0.0621. The summed E-state index contributed by atoms with van der Waals surface area (Å²) in [4.78, 5) is 13.0. The summed E-state index contributed by atoms with van der Waals surface area (Å²) in [7, 11) is 0. The van der Waals surface area contributed by atoms with Crippen LogP contribution >= 0.6 is 0 Å². The highest BCUT2D eigenvalue weighted by molar-refractivity contribution is 6.01. The van der Waals surface area contributed by atoms with Gasteiger partial charge in [0.25, 0.3) is 0 Å². The van der Waals surface area contributed by atoms with E-state index in [1.807, 2.05) is 0 Å². The molecule has 5 rings (SSSR count). The van der Waals surface area contributed by atoms with Crippen LogP contribution in [0, 0.1) is 23.2 Å². The molecule has 3 N–H and O–H groups in total. The number of phenols is 1. The lowest BCUT2D eigenvalue weighted by atomic mass is 9.48. The first-order valence-electron chi connectivity index (χ1n) is 7.69. The Kier molecular flexibility index (Phi) is 2.45. The fourth-order valence-electron chi connectivity index (χ4n) is 5.39. The quantitative estimate of drug-likeness (QED) is 0.492. The molecule has 0 aliphatic heterocycles. The van der Waals surface area contributed by atoms with Gasteiger partial charge in [-0.2, -0.15) is 0 Å². The smallest absolute Gasteiger partial charge is 0.169 e. The van der Waals surface area contributed by atoms with E-state index in [1.54, 1.807) is 18.2 Å². The Morgan fingerprint density at radius 3 is 2.15 bits per heavy atom. The molecule has 4 fully saturated rings. The first-order chi connectivity index (χ1) is 9.56. The number of benzene rings is 1. The molecule has 4 bridgehead atoms. The van der Waals surface area contributed by atoms with E-state index in [4.69, 9.17) is 5.73 Å². The molecule has 0 radical (unpaired) electrons. The molecule has 20 heavy (non-hydrogen) atoms. The molecule has 1 aromatic carbocycles. The summed E-state index contributed by atoms with van der Waals surface area (Å²) in [6.45, 7) is 0. The number of hydrogen-bond donors (Lipinski definition) is 2. The topological polar surface area (TPSA) is 63.3 Å². The lowest BCUT2D eigenvalue weighted by Crippen LogP contribution is -2.50. The number of aromatic hydroxyl groups is 1. The molecule has 0 unspecified atom stereocenters. The van der Waals surface area contributed by atoms with E-state index >= 15 is 0 Å². The molecule has 0 aromatic heterocycles. The maximum atomic E-state index is 13.0. The van der Waals surface area contributed by atoms with Gasteiger partial charge >= 0.3 is 0 Å². The first-order valence-corrected chi connectivity index (χ1v) is 7.69. The SMILES string of the molecule is Nc1cc(C(=O)C23CC4CC(CC(C4)C2)C3)ccc1O. The Hall–Kier alpha value is -1.51. The fraction of sp³-hybridized carbons (Fsp3) is 0.588. The van der Waals surface area contributed by atoms with Crippen molar-refractivity contribution in [3.05, 3.63) is 23.8 Å². The molecule has 4 aliphatic carbocycles. The zero-order valence-corrected chi connectivity index (χ0v) is 11.6. The lowest BCUT2D eigenvalue weighted by molar-refractivity contribution is -0.0353. The Balaban J connectivity index is 1.69. The van der Waals surface area contributed by atoms with Gasteiger partial charge in [-0.25, -0.2) is 0 Å². The number of nitrogen functional groups attached to an aromatic ring is 1. The lowest BCUT2D eigenvalue weighted by Gasteiger charge is -2.56. The first kappa shape index (κ1) is 12.2. The molecule has 0 amide bonds. The predicted molar refractivity (Wildman–Crippen MR) is 77.5 cm³/mol. The van der Waals surface area contributed by atoms with Crippen molar-refractivity contribution in [1.29, 1.82) is 0 Å². The van der Waals surface area contributed by atoms with Crippen molar-refractivity contribution < 1.29 is 9.90 Å². The van der Waals surface area contributed by atoms with E-state index in [9.17, 15) is 9.90 Å². The number of phenolic OH excluding ortho intramolecular Hbond substituents is 1. The molecule has 4 aliphatic rings. The molecule has 0 saturated heterocycles. The van der Waals surface area contributed by atoms with Gasteiger partial charge in [-0.05, 0) is 74.5 Å². The third-order valence-corrected chi connectivity index (χ3v) is 5.81. The number of nitrogens with two attached hydrogens (primary N) is 1. The van der Waals surface area contributed by atoms with Crippen molar-refractivity contribution >= 4 is 11.5 Å². The molecule has 0 atom stereocenters. The summed E-state index contributed by atoms with van der Waals surface area (Å²) in [5.41, 5.74) is 6.61. The van der Waals surface area contributed by atoms with E-state index in [0.717, 1.165) is 37.0 Å². The number of carbonyl (C=O) groups excluding carboxylic acids is 1. The number of anilines is 1. The van der Waals surface area contributed by atoms with Crippen LogP contribution in [-0.2, 0) is 0 Å². The summed E-state index contributed by atoms with van der Waals surface area (Å²) in [6.07, 6.45) is 7.22. The second-order valence-electron chi connectivity index (χ2n) is 7.30. The van der Waals surface area contributed by atoms with Crippen LogP contribution in [0.25, 0.3) is 0 Å². The van der Waals surface area contributed by atoms with Crippen LogP contribution in [0.3, 0.4) is 0 Å². The maximum Gasteiger partial charge on any atom is 0.169 e. The van der Waals surface area contributed by atoms with Gasteiger partial charge in [0.15, 0.2) is 5.78 Å². The maximum absolute atomic E-state index is 13.0. The molecule has 0 spiro atoms. The van der Waals surface area contributed by atoms with Gasteiger partial charge in [-0.3, -0.25) is 4.79 Å². The minimum Gasteiger partial charge on any atom is -0.506 e. The molecular weight excluding hydrogens is 250 g/mol. The van der Waals surface area contributed by atoms with Crippen LogP contribution in [0.2, 0.25) is 0 Å². The van der Waals surface area contributed by atoms with Gasteiger partial charge in [0.1, 0.15) is 5.75 Å². The monoisotopic (exact) mass is 271 g/mol. The second kappa shape index (κ2) is 4.00. The standard InChI is InChI=1S/C17H21NO2/c18-14-6-13(1-2-15(14)19)16(20)17-7-10-3-11(8-17)5-12(4-10)9-17/h1-2,6,10-12,19H,3-5,7-9,18H2. The zero-order chi connectivity index (χ0) is 13.9. The number of rotatable bonds is 2. The Morgan fingerprint density at radius 2 is 1.65 bits per heavy atom. The van der Waals surface area contributed by atoms with Crippen LogP contribution in [0.1, 0.15) is 48.9 Å².